The minimum absolute atomic E-state index is 0.150. The molecule has 3 aromatic rings. The Morgan fingerprint density at radius 1 is 1.09 bits per heavy atom. The third kappa shape index (κ3) is 2.09. The van der Waals surface area contributed by atoms with Gasteiger partial charge in [-0.2, -0.15) is 5.10 Å². The van der Waals surface area contributed by atoms with Gasteiger partial charge in [0.1, 0.15) is 6.17 Å². The fourth-order valence-electron chi connectivity index (χ4n) is 2.89. The summed E-state index contributed by atoms with van der Waals surface area (Å²) < 4.78 is 1.98. The van der Waals surface area contributed by atoms with Gasteiger partial charge in [-0.1, -0.05) is 47.5 Å². The maximum absolute atomic E-state index is 6.40. The highest BCUT2D eigenvalue weighted by atomic mass is 35.5. The Morgan fingerprint density at radius 2 is 1.91 bits per heavy atom. The number of aryl methyl sites for hydroxylation is 1. The molecule has 2 heterocycles. The van der Waals surface area contributed by atoms with Crippen LogP contribution in [0.2, 0.25) is 10.0 Å². The highest BCUT2D eigenvalue weighted by Crippen LogP contribution is 2.40. The molecule has 5 heteroatoms. The van der Waals surface area contributed by atoms with Crippen molar-refractivity contribution in [1.82, 2.24) is 9.78 Å². The van der Waals surface area contributed by atoms with Crippen molar-refractivity contribution in [3.8, 4) is 11.3 Å². The molecule has 0 fully saturated rings. The second kappa shape index (κ2) is 5.04. The lowest BCUT2D eigenvalue weighted by Gasteiger charge is -2.29. The summed E-state index contributed by atoms with van der Waals surface area (Å²) in [5.74, 6) is 0. The van der Waals surface area contributed by atoms with Gasteiger partial charge in [-0.05, 0) is 31.2 Å². The number of nitrogens with zero attached hydrogens (tertiary/aromatic N) is 2. The van der Waals surface area contributed by atoms with Gasteiger partial charge < -0.3 is 5.32 Å². The standard InChI is InChI=1S/C17H13Cl2N3/c1-10-8-16-13-4-2-3-5-15(13)20-17(22(16)21-10)12-7-6-11(18)9-14(12)19/h2-9,17,20H,1H3/t17-/m1/s1. The van der Waals surface area contributed by atoms with Gasteiger partial charge >= 0.3 is 0 Å². The smallest absolute Gasteiger partial charge is 0.148 e. The van der Waals surface area contributed by atoms with E-state index in [2.05, 4.69) is 28.6 Å². The Bertz CT molecular complexity index is 870. The fraction of sp³-hybridized carbons (Fsp3) is 0.118. The van der Waals surface area contributed by atoms with E-state index in [9.17, 15) is 0 Å². The summed E-state index contributed by atoms with van der Waals surface area (Å²) in [5.41, 5.74) is 5.23. The zero-order valence-corrected chi connectivity index (χ0v) is 13.4. The highest BCUT2D eigenvalue weighted by Gasteiger charge is 2.27. The minimum Gasteiger partial charge on any atom is -0.359 e. The van der Waals surface area contributed by atoms with E-state index in [0.717, 1.165) is 28.2 Å². The predicted molar refractivity (Wildman–Crippen MR) is 90.6 cm³/mol. The summed E-state index contributed by atoms with van der Waals surface area (Å²) in [7, 11) is 0. The Morgan fingerprint density at radius 3 is 2.73 bits per heavy atom. The van der Waals surface area contributed by atoms with Crippen LogP contribution in [0.3, 0.4) is 0 Å². The number of fused-ring (bicyclic) bond motifs is 3. The first-order chi connectivity index (χ1) is 10.6. The molecule has 4 rings (SSSR count). The number of hydrogen-bond acceptors (Lipinski definition) is 2. The van der Waals surface area contributed by atoms with Crippen LogP contribution in [0.15, 0.2) is 48.5 Å². The van der Waals surface area contributed by atoms with Crippen LogP contribution in [0, 0.1) is 6.92 Å². The molecule has 0 amide bonds. The number of rotatable bonds is 1. The van der Waals surface area contributed by atoms with Crippen LogP contribution in [-0.4, -0.2) is 9.78 Å². The quantitative estimate of drug-likeness (QED) is 0.670. The molecule has 0 spiro atoms. The van der Waals surface area contributed by atoms with Crippen molar-refractivity contribution in [3.63, 3.8) is 0 Å². The Balaban J connectivity index is 1.92. The second-order valence-corrected chi connectivity index (χ2v) is 6.22. The van der Waals surface area contributed by atoms with E-state index < -0.39 is 0 Å². The molecule has 2 aromatic carbocycles. The monoisotopic (exact) mass is 329 g/mol. The first-order valence-corrected chi connectivity index (χ1v) is 7.76. The van der Waals surface area contributed by atoms with E-state index >= 15 is 0 Å². The molecule has 0 unspecified atom stereocenters. The summed E-state index contributed by atoms with van der Waals surface area (Å²) in [6.07, 6.45) is -0.150. The molecule has 22 heavy (non-hydrogen) atoms. The Hall–Kier alpha value is -1.97. The lowest BCUT2D eigenvalue weighted by molar-refractivity contribution is 0.571. The lowest BCUT2D eigenvalue weighted by atomic mass is 10.0. The topological polar surface area (TPSA) is 29.9 Å². The van der Waals surface area contributed by atoms with Crippen LogP contribution >= 0.6 is 23.2 Å². The number of anilines is 1. The van der Waals surface area contributed by atoms with Crippen molar-refractivity contribution in [2.75, 3.05) is 5.32 Å². The van der Waals surface area contributed by atoms with E-state index in [0.29, 0.717) is 10.0 Å². The normalized spacial score (nSPS) is 15.9. The Kier molecular flexibility index (Phi) is 3.13. The predicted octanol–water partition coefficient (Wildman–Crippen LogP) is 5.14. The van der Waals surface area contributed by atoms with Gasteiger partial charge in [0.15, 0.2) is 0 Å². The molecular formula is C17H13Cl2N3. The average molecular weight is 330 g/mol. The molecule has 1 aromatic heterocycles. The molecule has 0 bridgehead atoms. The zero-order valence-electron chi connectivity index (χ0n) is 11.8. The molecule has 3 nitrogen and oxygen atoms in total. The van der Waals surface area contributed by atoms with E-state index in [1.807, 2.05) is 35.9 Å². The maximum atomic E-state index is 6.40. The van der Waals surface area contributed by atoms with Gasteiger partial charge in [-0.15, -0.1) is 0 Å². The third-order valence-corrected chi connectivity index (χ3v) is 4.42. The van der Waals surface area contributed by atoms with Crippen LogP contribution in [0.5, 0.6) is 0 Å². The van der Waals surface area contributed by atoms with E-state index in [1.165, 1.54) is 0 Å². The zero-order chi connectivity index (χ0) is 15.3. The van der Waals surface area contributed by atoms with E-state index in [-0.39, 0.29) is 6.17 Å². The van der Waals surface area contributed by atoms with E-state index in [1.54, 1.807) is 6.07 Å². The molecule has 0 radical (unpaired) electrons. The number of hydrogen-bond donors (Lipinski definition) is 1. The summed E-state index contributed by atoms with van der Waals surface area (Å²) in [6, 6.07) is 15.9. The van der Waals surface area contributed by atoms with Gasteiger partial charge in [0.2, 0.25) is 0 Å². The highest BCUT2D eigenvalue weighted by molar-refractivity contribution is 6.35. The summed E-state index contributed by atoms with van der Waals surface area (Å²) in [6.45, 7) is 1.99. The number of benzene rings is 2. The SMILES string of the molecule is Cc1cc2n(n1)[C@H](c1ccc(Cl)cc1Cl)Nc1ccccc1-2. The molecule has 110 valence electrons. The van der Waals surface area contributed by atoms with Gasteiger partial charge in [-0.25, -0.2) is 4.68 Å². The first-order valence-electron chi connectivity index (χ1n) is 7.00. The van der Waals surface area contributed by atoms with Crippen molar-refractivity contribution >= 4 is 28.9 Å². The van der Waals surface area contributed by atoms with Crippen molar-refractivity contribution in [2.24, 2.45) is 0 Å². The largest absolute Gasteiger partial charge is 0.359 e. The van der Waals surface area contributed by atoms with Gasteiger partial charge in [0.25, 0.3) is 0 Å². The fourth-order valence-corrected chi connectivity index (χ4v) is 3.40. The third-order valence-electron chi connectivity index (χ3n) is 3.85. The molecule has 0 aliphatic carbocycles. The molecule has 1 atom stereocenters. The molecule has 0 saturated carbocycles. The summed E-state index contributed by atoms with van der Waals surface area (Å²) >= 11 is 12.4. The average Bonchev–Trinajstić information content (AvgIpc) is 2.88. The van der Waals surface area contributed by atoms with E-state index in [4.69, 9.17) is 23.2 Å². The maximum Gasteiger partial charge on any atom is 0.148 e. The lowest BCUT2D eigenvalue weighted by Crippen LogP contribution is -2.25. The van der Waals surface area contributed by atoms with Crippen LogP contribution in [0.1, 0.15) is 17.4 Å². The number of halogens is 2. The van der Waals surface area contributed by atoms with Crippen LogP contribution < -0.4 is 5.32 Å². The molecular weight excluding hydrogens is 317 g/mol. The molecule has 0 saturated heterocycles. The van der Waals surface area contributed by atoms with Crippen molar-refractivity contribution < 1.29 is 0 Å². The molecule has 1 aliphatic heterocycles. The van der Waals surface area contributed by atoms with Crippen molar-refractivity contribution in [2.45, 2.75) is 13.1 Å². The minimum atomic E-state index is -0.150. The number of nitrogens with one attached hydrogen (secondary N) is 1. The van der Waals surface area contributed by atoms with Gasteiger partial charge in [0, 0.05) is 26.9 Å². The van der Waals surface area contributed by atoms with Gasteiger partial charge in [-0.3, -0.25) is 0 Å². The Labute approximate surface area is 138 Å². The van der Waals surface area contributed by atoms with Crippen molar-refractivity contribution in [1.29, 1.82) is 0 Å². The van der Waals surface area contributed by atoms with Crippen molar-refractivity contribution in [3.05, 3.63) is 69.8 Å². The molecule has 1 aliphatic rings. The number of aromatic nitrogens is 2. The van der Waals surface area contributed by atoms with Crippen LogP contribution in [0.25, 0.3) is 11.3 Å². The molecule has 1 N–H and O–H groups in total. The first kappa shape index (κ1) is 13.7. The summed E-state index contributed by atoms with van der Waals surface area (Å²) in [4.78, 5) is 0. The van der Waals surface area contributed by atoms with Crippen LogP contribution in [-0.2, 0) is 0 Å². The summed E-state index contributed by atoms with van der Waals surface area (Å²) in [5, 5.41) is 9.40. The van der Waals surface area contributed by atoms with Gasteiger partial charge in [0.05, 0.1) is 11.4 Å². The second-order valence-electron chi connectivity index (χ2n) is 5.37. The number of para-hydroxylation sites is 1. The van der Waals surface area contributed by atoms with Crippen LogP contribution in [0.4, 0.5) is 5.69 Å².